The van der Waals surface area contributed by atoms with Crippen molar-refractivity contribution in [2.24, 2.45) is 5.41 Å². The molecule has 0 amide bonds. The lowest BCUT2D eigenvalue weighted by Crippen LogP contribution is -2.34. The van der Waals surface area contributed by atoms with Gasteiger partial charge in [0, 0.05) is 6.42 Å². The van der Waals surface area contributed by atoms with Gasteiger partial charge in [0.25, 0.3) is 0 Å². The van der Waals surface area contributed by atoms with Crippen LogP contribution in [0.25, 0.3) is 0 Å². The normalized spacial score (nSPS) is 13.3. The van der Waals surface area contributed by atoms with E-state index in [9.17, 15) is 14.7 Å². The molecule has 0 aromatic heterocycles. The summed E-state index contributed by atoms with van der Waals surface area (Å²) in [4.78, 5) is 23.5. The maximum absolute atomic E-state index is 11.8. The van der Waals surface area contributed by atoms with Gasteiger partial charge in [0.2, 0.25) is 0 Å². The van der Waals surface area contributed by atoms with Crippen molar-refractivity contribution in [3.63, 3.8) is 0 Å². The van der Waals surface area contributed by atoms with E-state index in [1.807, 2.05) is 30.3 Å². The highest BCUT2D eigenvalue weighted by molar-refractivity contribution is 5.78. The Labute approximate surface area is 124 Å². The fourth-order valence-corrected chi connectivity index (χ4v) is 1.74. The first-order valence-corrected chi connectivity index (χ1v) is 6.99. The lowest BCUT2D eigenvalue weighted by atomic mass is 9.86. The highest BCUT2D eigenvalue weighted by Gasteiger charge is 2.34. The SMILES string of the molecule is CCOC(=O)C(C)(CO)CCC(=O)OCc1ccccc1. The van der Waals surface area contributed by atoms with E-state index in [0.29, 0.717) is 0 Å². The molecular weight excluding hydrogens is 272 g/mol. The van der Waals surface area contributed by atoms with Gasteiger partial charge in [-0.15, -0.1) is 0 Å². The third-order valence-corrected chi connectivity index (χ3v) is 3.24. The number of aliphatic hydroxyl groups excluding tert-OH is 1. The van der Waals surface area contributed by atoms with Crippen LogP contribution in [0.15, 0.2) is 30.3 Å². The molecule has 0 saturated carbocycles. The van der Waals surface area contributed by atoms with Gasteiger partial charge in [-0.3, -0.25) is 9.59 Å². The molecule has 0 bridgehead atoms. The molecule has 1 unspecified atom stereocenters. The number of hydrogen-bond acceptors (Lipinski definition) is 5. The summed E-state index contributed by atoms with van der Waals surface area (Å²) in [5.74, 6) is -0.897. The summed E-state index contributed by atoms with van der Waals surface area (Å²) < 4.78 is 10.0. The van der Waals surface area contributed by atoms with Crippen LogP contribution in [0.3, 0.4) is 0 Å². The minimum atomic E-state index is -1.07. The van der Waals surface area contributed by atoms with Crippen LogP contribution in [0, 0.1) is 5.41 Å². The Kier molecular flexibility index (Phi) is 6.88. The Morgan fingerprint density at radius 1 is 1.19 bits per heavy atom. The first-order valence-electron chi connectivity index (χ1n) is 6.99. The van der Waals surface area contributed by atoms with Gasteiger partial charge in [0.15, 0.2) is 0 Å². The van der Waals surface area contributed by atoms with E-state index in [1.165, 1.54) is 0 Å². The number of carbonyl (C=O) groups excluding carboxylic acids is 2. The molecule has 116 valence electrons. The van der Waals surface area contributed by atoms with Gasteiger partial charge in [-0.25, -0.2) is 0 Å². The van der Waals surface area contributed by atoms with E-state index in [0.717, 1.165) is 5.56 Å². The fourth-order valence-electron chi connectivity index (χ4n) is 1.74. The largest absolute Gasteiger partial charge is 0.466 e. The topological polar surface area (TPSA) is 72.8 Å². The quantitative estimate of drug-likeness (QED) is 0.743. The van der Waals surface area contributed by atoms with E-state index in [1.54, 1.807) is 13.8 Å². The molecule has 1 atom stereocenters. The molecule has 1 rings (SSSR count). The first kappa shape index (κ1) is 17.2. The maximum atomic E-state index is 11.8. The Morgan fingerprint density at radius 2 is 1.86 bits per heavy atom. The molecule has 0 radical (unpaired) electrons. The zero-order chi connectivity index (χ0) is 15.7. The summed E-state index contributed by atoms with van der Waals surface area (Å²) >= 11 is 0. The molecule has 1 N–H and O–H groups in total. The second-order valence-corrected chi connectivity index (χ2v) is 5.09. The average Bonchev–Trinajstić information content (AvgIpc) is 2.51. The monoisotopic (exact) mass is 294 g/mol. The van der Waals surface area contributed by atoms with Crippen molar-refractivity contribution in [3.8, 4) is 0 Å². The average molecular weight is 294 g/mol. The highest BCUT2D eigenvalue weighted by atomic mass is 16.5. The van der Waals surface area contributed by atoms with Crippen LogP contribution in [0.4, 0.5) is 0 Å². The van der Waals surface area contributed by atoms with E-state index < -0.39 is 17.4 Å². The Morgan fingerprint density at radius 3 is 2.43 bits per heavy atom. The Balaban J connectivity index is 2.42. The summed E-state index contributed by atoms with van der Waals surface area (Å²) in [6, 6.07) is 9.35. The smallest absolute Gasteiger partial charge is 0.314 e. The molecule has 21 heavy (non-hydrogen) atoms. The van der Waals surface area contributed by atoms with Gasteiger partial charge in [0.1, 0.15) is 6.61 Å². The number of aliphatic hydroxyl groups is 1. The predicted octanol–water partition coefficient (Wildman–Crippen LogP) is 2.07. The molecule has 1 aromatic carbocycles. The first-order chi connectivity index (χ1) is 10.0. The fraction of sp³-hybridized carbons (Fsp3) is 0.500. The molecule has 5 nitrogen and oxygen atoms in total. The molecule has 0 saturated heterocycles. The van der Waals surface area contributed by atoms with Crippen molar-refractivity contribution in [3.05, 3.63) is 35.9 Å². The molecule has 5 heteroatoms. The van der Waals surface area contributed by atoms with Gasteiger partial charge < -0.3 is 14.6 Å². The van der Waals surface area contributed by atoms with Crippen LogP contribution < -0.4 is 0 Å². The number of benzene rings is 1. The minimum absolute atomic E-state index is 0.0582. The zero-order valence-corrected chi connectivity index (χ0v) is 12.5. The zero-order valence-electron chi connectivity index (χ0n) is 12.5. The molecular formula is C16H22O5. The van der Waals surface area contributed by atoms with E-state index in [2.05, 4.69) is 0 Å². The van der Waals surface area contributed by atoms with Crippen molar-refractivity contribution >= 4 is 11.9 Å². The van der Waals surface area contributed by atoms with Crippen LogP contribution in [-0.2, 0) is 25.7 Å². The van der Waals surface area contributed by atoms with Crippen LogP contribution >= 0.6 is 0 Å². The van der Waals surface area contributed by atoms with Crippen molar-refractivity contribution in [2.75, 3.05) is 13.2 Å². The van der Waals surface area contributed by atoms with E-state index in [-0.39, 0.29) is 32.7 Å². The second kappa shape index (κ2) is 8.42. The Bertz CT molecular complexity index is 457. The van der Waals surface area contributed by atoms with E-state index in [4.69, 9.17) is 9.47 Å². The predicted molar refractivity (Wildman–Crippen MR) is 77.3 cm³/mol. The van der Waals surface area contributed by atoms with Crippen molar-refractivity contribution in [1.29, 1.82) is 0 Å². The summed E-state index contributed by atoms with van der Waals surface area (Å²) in [5, 5.41) is 9.35. The molecule has 0 aliphatic heterocycles. The summed E-state index contributed by atoms with van der Waals surface area (Å²) in [6.07, 6.45) is 0.249. The van der Waals surface area contributed by atoms with Crippen molar-refractivity contribution in [2.45, 2.75) is 33.3 Å². The summed E-state index contributed by atoms with van der Waals surface area (Å²) in [5.41, 5.74) is -0.164. The number of ether oxygens (including phenoxy) is 2. The lowest BCUT2D eigenvalue weighted by Gasteiger charge is -2.24. The molecule has 0 fully saturated rings. The Hall–Kier alpha value is -1.88. The standard InChI is InChI=1S/C16H22O5/c1-3-20-15(19)16(2,12-17)10-9-14(18)21-11-13-7-5-4-6-8-13/h4-8,17H,3,9-12H2,1-2H3. The van der Waals surface area contributed by atoms with Gasteiger partial charge in [-0.1, -0.05) is 30.3 Å². The number of hydrogen-bond donors (Lipinski definition) is 1. The van der Waals surface area contributed by atoms with Crippen LogP contribution in [0.1, 0.15) is 32.3 Å². The van der Waals surface area contributed by atoms with Gasteiger partial charge in [-0.2, -0.15) is 0 Å². The minimum Gasteiger partial charge on any atom is -0.466 e. The van der Waals surface area contributed by atoms with Gasteiger partial charge >= 0.3 is 11.9 Å². The van der Waals surface area contributed by atoms with Crippen molar-refractivity contribution < 1.29 is 24.2 Å². The molecule has 1 aromatic rings. The van der Waals surface area contributed by atoms with Crippen LogP contribution in [0.5, 0.6) is 0 Å². The number of rotatable bonds is 8. The molecule has 0 spiro atoms. The number of esters is 2. The molecule has 0 aliphatic rings. The summed E-state index contributed by atoms with van der Waals surface area (Å²) in [7, 11) is 0. The van der Waals surface area contributed by atoms with Gasteiger partial charge in [-0.05, 0) is 25.8 Å². The van der Waals surface area contributed by atoms with Crippen LogP contribution in [-0.4, -0.2) is 30.3 Å². The highest BCUT2D eigenvalue weighted by Crippen LogP contribution is 2.25. The lowest BCUT2D eigenvalue weighted by molar-refractivity contribution is -0.158. The maximum Gasteiger partial charge on any atom is 0.314 e. The second-order valence-electron chi connectivity index (χ2n) is 5.09. The molecule has 0 heterocycles. The van der Waals surface area contributed by atoms with Gasteiger partial charge in [0.05, 0.1) is 18.6 Å². The van der Waals surface area contributed by atoms with E-state index >= 15 is 0 Å². The summed E-state index contributed by atoms with van der Waals surface area (Å²) in [6.45, 7) is 3.36. The third-order valence-electron chi connectivity index (χ3n) is 3.24. The third kappa shape index (κ3) is 5.55. The van der Waals surface area contributed by atoms with Crippen molar-refractivity contribution in [1.82, 2.24) is 0 Å². The number of carbonyl (C=O) groups is 2. The van der Waals surface area contributed by atoms with Crippen LogP contribution in [0.2, 0.25) is 0 Å². The molecule has 0 aliphatic carbocycles.